The molecule has 3 aromatic carbocycles. The van der Waals surface area contributed by atoms with Gasteiger partial charge >= 0.3 is 23.9 Å². The topological polar surface area (TPSA) is 240 Å². The molecule has 2 saturated carbocycles. The van der Waals surface area contributed by atoms with Crippen LogP contribution in [0.15, 0.2) is 90.0 Å². The van der Waals surface area contributed by atoms with Crippen molar-refractivity contribution in [2.45, 2.75) is 108 Å². The maximum atomic E-state index is 15.5. The maximum Gasteiger partial charge on any atom is 0.338 e. The molecule has 0 spiro atoms. The van der Waals surface area contributed by atoms with E-state index in [9.17, 15) is 39.3 Å². The van der Waals surface area contributed by atoms with Crippen LogP contribution in [0.5, 0.6) is 11.5 Å². The highest BCUT2D eigenvalue weighted by Gasteiger charge is 2.78. The van der Waals surface area contributed by atoms with Crippen molar-refractivity contribution in [3.8, 4) is 11.5 Å². The number of hydrogen-bond donors (Lipinski definition) is 4. The van der Waals surface area contributed by atoms with E-state index >= 15 is 4.79 Å². The second kappa shape index (κ2) is 17.9. The van der Waals surface area contributed by atoms with Gasteiger partial charge in [-0.05, 0) is 60.9 Å². The number of carbonyl (C=O) groups is 6. The number of fused-ring (bicyclic) bond motifs is 5. The van der Waals surface area contributed by atoms with Gasteiger partial charge in [0.15, 0.2) is 35.1 Å². The minimum absolute atomic E-state index is 0.0220. The number of ether oxygens (including phenoxy) is 7. The summed E-state index contributed by atoms with van der Waals surface area (Å²) in [7, 11) is 2.84. The van der Waals surface area contributed by atoms with Gasteiger partial charge in [-0.25, -0.2) is 9.59 Å². The Kier molecular flexibility index (Phi) is 13.0. The molecular weight excluding hydrogens is 859 g/mol. The van der Waals surface area contributed by atoms with Gasteiger partial charge in [-0.1, -0.05) is 62.4 Å². The summed E-state index contributed by atoms with van der Waals surface area (Å²) >= 11 is 0. The van der Waals surface area contributed by atoms with Gasteiger partial charge in [-0.2, -0.15) is 0 Å². The lowest BCUT2D eigenvalue weighted by Crippen LogP contribution is -2.82. The molecule has 7 rings (SSSR count). The summed E-state index contributed by atoms with van der Waals surface area (Å²) in [4.78, 5) is 84.2. The van der Waals surface area contributed by atoms with E-state index in [1.807, 2.05) is 0 Å². The molecule has 0 radical (unpaired) electrons. The number of carbonyl (C=O) groups excluding carboxylic acids is 6. The summed E-state index contributed by atoms with van der Waals surface area (Å²) in [6, 6.07) is 19.0. The minimum atomic E-state index is -2.42. The Hall–Kier alpha value is -6.14. The molecule has 3 aliphatic carbocycles. The zero-order valence-corrected chi connectivity index (χ0v) is 37.9. The summed E-state index contributed by atoms with van der Waals surface area (Å²) in [6.45, 7) is 7.91. The first-order chi connectivity index (χ1) is 31.2. The molecule has 4 aliphatic rings. The van der Waals surface area contributed by atoms with Gasteiger partial charge < -0.3 is 53.8 Å². The van der Waals surface area contributed by atoms with Gasteiger partial charge in [-0.3, -0.25) is 19.2 Å². The molecular formula is C49H55NO16. The Labute approximate surface area is 381 Å². The molecule has 352 valence electrons. The molecule has 17 nitrogen and oxygen atoms in total. The number of methoxy groups -OCH3 is 2. The van der Waals surface area contributed by atoms with Gasteiger partial charge in [0.05, 0.1) is 49.9 Å². The number of benzene rings is 3. The molecule has 1 aliphatic heterocycles. The molecule has 4 N–H and O–H groups in total. The van der Waals surface area contributed by atoms with Crippen LogP contribution in [0.25, 0.3) is 0 Å². The number of nitrogens with one attached hydrogen (secondary N) is 1. The van der Waals surface area contributed by atoms with Crippen LogP contribution in [0.4, 0.5) is 0 Å². The Morgan fingerprint density at radius 1 is 0.833 bits per heavy atom. The Morgan fingerprint density at radius 2 is 1.47 bits per heavy atom. The number of rotatable bonds is 12. The molecule has 66 heavy (non-hydrogen) atoms. The van der Waals surface area contributed by atoms with Crippen LogP contribution in [0, 0.1) is 16.7 Å². The summed E-state index contributed by atoms with van der Waals surface area (Å²) < 4.78 is 41.0. The third-order valence-corrected chi connectivity index (χ3v) is 14.1. The van der Waals surface area contributed by atoms with Crippen molar-refractivity contribution in [3.05, 3.63) is 107 Å². The van der Waals surface area contributed by atoms with E-state index in [1.165, 1.54) is 58.4 Å². The lowest BCUT2D eigenvalue weighted by Gasteiger charge is -2.67. The molecule has 0 aromatic heterocycles. The smallest absolute Gasteiger partial charge is 0.338 e. The van der Waals surface area contributed by atoms with Crippen LogP contribution in [0.1, 0.15) is 86.7 Å². The molecule has 1 saturated heterocycles. The number of esters is 4. The van der Waals surface area contributed by atoms with Gasteiger partial charge in [-0.15, -0.1) is 0 Å². The van der Waals surface area contributed by atoms with Crippen molar-refractivity contribution in [3.63, 3.8) is 0 Å². The lowest BCUT2D eigenvalue weighted by atomic mass is 9.44. The van der Waals surface area contributed by atoms with E-state index in [0.29, 0.717) is 11.3 Å². The predicted molar refractivity (Wildman–Crippen MR) is 231 cm³/mol. The molecule has 17 heteroatoms. The number of Topliss-reactive ketones (excluding diaryl/α,β-unsaturated/α-hetero) is 1. The number of ketones is 1. The van der Waals surface area contributed by atoms with Crippen LogP contribution < -0.4 is 14.8 Å². The highest BCUT2D eigenvalue weighted by Crippen LogP contribution is 2.64. The van der Waals surface area contributed by atoms with Crippen molar-refractivity contribution in [1.29, 1.82) is 0 Å². The SMILES string of the molecule is COc1ccc(C(=O)N[C@@H](c2ccccc2)[C@@H](O)C(=O)O[C@H]2C[C@@]3(O)[C@@H](OC(=O)c4ccccc4)[C@@H]4[C@]5(OC(C)=O)CO[C@@H]5C[C@H](O)[C@@]4(C)C(=O)[C@H](OC(C)=O)C(=C2C)C3(C)C)cc1OC. The largest absolute Gasteiger partial charge is 0.493 e. The quantitative estimate of drug-likeness (QED) is 0.115. The monoisotopic (exact) mass is 913 g/mol. The van der Waals surface area contributed by atoms with Crippen LogP contribution in [-0.2, 0) is 42.9 Å². The fourth-order valence-electron chi connectivity index (χ4n) is 10.6. The zero-order valence-electron chi connectivity index (χ0n) is 37.9. The van der Waals surface area contributed by atoms with Crippen molar-refractivity contribution in [1.82, 2.24) is 5.32 Å². The van der Waals surface area contributed by atoms with Crippen molar-refractivity contribution >= 4 is 35.6 Å². The molecule has 3 fully saturated rings. The Morgan fingerprint density at radius 3 is 2.05 bits per heavy atom. The first-order valence-corrected chi connectivity index (χ1v) is 21.5. The molecule has 3 aromatic rings. The summed E-state index contributed by atoms with van der Waals surface area (Å²) in [5, 5.41) is 40.5. The number of amides is 1. The van der Waals surface area contributed by atoms with E-state index in [1.54, 1.807) is 62.4 Å². The van der Waals surface area contributed by atoms with E-state index in [4.69, 9.17) is 33.2 Å². The standard InChI is InChI=1S/C49H55NO16/c1-25-33(64-45(58)38(54)37(28-15-11-9-12-16-28)50-43(56)30-19-20-31(60-7)32(21-30)61-8)23-49(59)42(65-44(57)29-17-13-10-14-18-29)40-47(6,34(53)22-35-48(40,24-62-35)66-27(3)52)41(55)39(63-26(2)51)36(25)46(49,4)5/h9-21,33-35,37-40,42,53-54,59H,22-24H2,1-8H3,(H,50,56)/t33-,34-,35+,37-,38+,39+,40-,42-,47+,48-,49+/m0/s1. The van der Waals surface area contributed by atoms with Crippen molar-refractivity contribution < 1.29 is 77.2 Å². The number of hydrogen-bond acceptors (Lipinski definition) is 16. The van der Waals surface area contributed by atoms with Crippen molar-refractivity contribution in [2.24, 2.45) is 16.7 Å². The fourth-order valence-corrected chi connectivity index (χ4v) is 10.6. The second-order valence-electron chi connectivity index (χ2n) is 18.1. The van der Waals surface area contributed by atoms with E-state index in [2.05, 4.69) is 5.32 Å². The highest BCUT2D eigenvalue weighted by atomic mass is 16.6. The van der Waals surface area contributed by atoms with E-state index < -0.39 is 113 Å². The number of aliphatic hydroxyl groups is 3. The highest BCUT2D eigenvalue weighted by molar-refractivity contribution is 5.96. The Bertz CT molecular complexity index is 2440. The second-order valence-corrected chi connectivity index (χ2v) is 18.1. The molecule has 2 bridgehead atoms. The zero-order chi connectivity index (χ0) is 48.1. The fraction of sp³-hybridized carbons (Fsp3) is 0.469. The normalized spacial score (nSPS) is 30.6. The van der Waals surface area contributed by atoms with E-state index in [0.717, 1.165) is 13.8 Å². The van der Waals surface area contributed by atoms with Crippen LogP contribution in [0.2, 0.25) is 0 Å². The maximum absolute atomic E-state index is 15.5. The molecule has 11 atom stereocenters. The van der Waals surface area contributed by atoms with Crippen LogP contribution >= 0.6 is 0 Å². The van der Waals surface area contributed by atoms with Crippen LogP contribution in [-0.4, -0.2) is 120 Å². The third-order valence-electron chi connectivity index (χ3n) is 14.1. The van der Waals surface area contributed by atoms with Crippen molar-refractivity contribution in [2.75, 3.05) is 20.8 Å². The van der Waals surface area contributed by atoms with Gasteiger partial charge in [0.1, 0.15) is 23.9 Å². The predicted octanol–water partition coefficient (Wildman–Crippen LogP) is 3.75. The van der Waals surface area contributed by atoms with Gasteiger partial charge in [0.25, 0.3) is 5.91 Å². The van der Waals surface area contributed by atoms with E-state index in [-0.39, 0.29) is 41.1 Å². The summed E-state index contributed by atoms with van der Waals surface area (Å²) in [6.07, 6.45) is -10.7. The average molecular weight is 914 g/mol. The lowest BCUT2D eigenvalue weighted by molar-refractivity contribution is -0.346. The third kappa shape index (κ3) is 7.90. The van der Waals surface area contributed by atoms with Gasteiger partial charge in [0, 0.05) is 37.7 Å². The molecule has 1 heterocycles. The van der Waals surface area contributed by atoms with Gasteiger partial charge in [0.2, 0.25) is 0 Å². The Balaban J connectivity index is 1.36. The minimum Gasteiger partial charge on any atom is -0.493 e. The summed E-state index contributed by atoms with van der Waals surface area (Å²) in [5.41, 5.74) is -7.36. The number of aliphatic hydroxyl groups excluding tert-OH is 2. The first kappa shape index (κ1) is 47.8. The molecule has 0 unspecified atom stereocenters. The first-order valence-electron chi connectivity index (χ1n) is 21.5. The molecule has 1 amide bonds. The van der Waals surface area contributed by atoms with Crippen LogP contribution in [0.3, 0.4) is 0 Å². The average Bonchev–Trinajstić information content (AvgIpc) is 3.28. The summed E-state index contributed by atoms with van der Waals surface area (Å²) in [5.74, 6) is -6.45.